The van der Waals surface area contributed by atoms with Crippen molar-refractivity contribution >= 4 is 11.6 Å². The van der Waals surface area contributed by atoms with Gasteiger partial charge in [0.15, 0.2) is 0 Å². The van der Waals surface area contributed by atoms with Crippen LogP contribution in [0.15, 0.2) is 12.1 Å². The summed E-state index contributed by atoms with van der Waals surface area (Å²) >= 11 is 0. The number of primary amides is 1. The van der Waals surface area contributed by atoms with E-state index in [1.54, 1.807) is 0 Å². The third-order valence-corrected chi connectivity index (χ3v) is 6.32. The summed E-state index contributed by atoms with van der Waals surface area (Å²) in [6.07, 6.45) is 1.65. The van der Waals surface area contributed by atoms with Crippen LogP contribution >= 0.6 is 0 Å². The number of rotatable bonds is 12. The summed E-state index contributed by atoms with van der Waals surface area (Å²) in [5.41, 5.74) is 9.07. The highest BCUT2D eigenvalue weighted by molar-refractivity contribution is 5.99. The molecule has 1 heterocycles. The van der Waals surface area contributed by atoms with Crippen molar-refractivity contribution < 1.29 is 32.5 Å². The van der Waals surface area contributed by atoms with Gasteiger partial charge in [0.25, 0.3) is 5.91 Å². The smallest absolute Gasteiger partial charge is 0.396 e. The number of carbonyl (C=O) groups is 1. The van der Waals surface area contributed by atoms with Crippen molar-refractivity contribution in [1.82, 2.24) is 5.32 Å². The van der Waals surface area contributed by atoms with Crippen molar-refractivity contribution in [3.05, 3.63) is 28.8 Å². The van der Waals surface area contributed by atoms with Gasteiger partial charge in [0, 0.05) is 25.7 Å². The van der Waals surface area contributed by atoms with E-state index in [2.05, 4.69) is 23.6 Å². The molecule has 0 aromatic heterocycles. The van der Waals surface area contributed by atoms with Crippen molar-refractivity contribution in [2.24, 2.45) is 5.73 Å². The van der Waals surface area contributed by atoms with Gasteiger partial charge in [-0.3, -0.25) is 4.79 Å². The van der Waals surface area contributed by atoms with Crippen LogP contribution in [0.1, 0.15) is 73.9 Å². The van der Waals surface area contributed by atoms with Crippen LogP contribution in [0.2, 0.25) is 0 Å². The minimum absolute atomic E-state index is 0.139. The van der Waals surface area contributed by atoms with Gasteiger partial charge in [-0.25, -0.2) is 0 Å². The number of halogens is 3. The summed E-state index contributed by atoms with van der Waals surface area (Å²) in [5.74, 6) is -0.434. The van der Waals surface area contributed by atoms with Crippen LogP contribution in [-0.2, 0) is 22.3 Å². The van der Waals surface area contributed by atoms with Crippen molar-refractivity contribution in [3.63, 3.8) is 0 Å². The lowest BCUT2D eigenvalue weighted by Crippen LogP contribution is -2.39. The molecule has 0 bridgehead atoms. The Bertz CT molecular complexity index is 805. The molecule has 1 aliphatic carbocycles. The maximum Gasteiger partial charge on any atom is 0.411 e. The van der Waals surface area contributed by atoms with E-state index in [1.807, 2.05) is 13.0 Å². The molecule has 0 spiro atoms. The Hall–Kier alpha value is -1.88. The van der Waals surface area contributed by atoms with Gasteiger partial charge in [-0.2, -0.15) is 13.2 Å². The SMILES string of the molecule is CCCCO.C[C@H](Cc1cc2c(c(C(N)=O)c1)NCC2)NCCOC1CCCCC1OCC(F)(F)F. The number of hydrogen-bond acceptors (Lipinski definition) is 6. The lowest BCUT2D eigenvalue weighted by Gasteiger charge is -2.31. The first-order valence-corrected chi connectivity index (χ1v) is 13.0. The Morgan fingerprint density at radius 1 is 1.25 bits per heavy atom. The van der Waals surface area contributed by atoms with E-state index >= 15 is 0 Å². The molecule has 1 amide bonds. The predicted molar refractivity (Wildman–Crippen MR) is 134 cm³/mol. The molecule has 3 atom stereocenters. The molecule has 10 heteroatoms. The Morgan fingerprint density at radius 3 is 2.53 bits per heavy atom. The number of nitrogens with two attached hydrogens (primary N) is 1. The summed E-state index contributed by atoms with van der Waals surface area (Å²) in [5, 5.41) is 14.7. The minimum atomic E-state index is -4.32. The lowest BCUT2D eigenvalue weighted by atomic mass is 9.94. The maximum absolute atomic E-state index is 12.4. The molecule has 0 saturated heterocycles. The van der Waals surface area contributed by atoms with Crippen molar-refractivity contribution in [1.29, 1.82) is 0 Å². The van der Waals surface area contributed by atoms with E-state index in [1.165, 1.54) is 0 Å². The van der Waals surface area contributed by atoms with E-state index in [-0.39, 0.29) is 12.1 Å². The molecule has 1 aromatic rings. The number of amides is 1. The van der Waals surface area contributed by atoms with Gasteiger partial charge in [0.1, 0.15) is 6.61 Å². The third kappa shape index (κ3) is 10.6. The van der Waals surface area contributed by atoms with Gasteiger partial charge in [0.05, 0.1) is 30.1 Å². The zero-order chi connectivity index (χ0) is 26.6. The van der Waals surface area contributed by atoms with Crippen LogP contribution in [-0.4, -0.2) is 68.3 Å². The van der Waals surface area contributed by atoms with Gasteiger partial charge in [0.2, 0.25) is 0 Å². The third-order valence-electron chi connectivity index (χ3n) is 6.32. The molecule has 5 N–H and O–H groups in total. The first-order valence-electron chi connectivity index (χ1n) is 13.0. The fraction of sp³-hybridized carbons (Fsp3) is 0.731. The second-order valence-electron chi connectivity index (χ2n) is 9.51. The molecule has 1 saturated carbocycles. The van der Waals surface area contributed by atoms with Gasteiger partial charge in [-0.1, -0.05) is 32.3 Å². The number of anilines is 1. The van der Waals surface area contributed by atoms with Crippen LogP contribution in [0.4, 0.5) is 18.9 Å². The normalized spacial score (nSPS) is 20.2. The lowest BCUT2D eigenvalue weighted by molar-refractivity contribution is -0.202. The fourth-order valence-corrected chi connectivity index (χ4v) is 4.55. The molecule has 1 aromatic carbocycles. The van der Waals surface area contributed by atoms with E-state index in [0.29, 0.717) is 31.7 Å². The molecule has 0 radical (unpaired) electrons. The molecule has 36 heavy (non-hydrogen) atoms. The molecule has 2 aliphatic rings. The van der Waals surface area contributed by atoms with Gasteiger partial charge < -0.3 is 30.9 Å². The number of aliphatic hydroxyl groups is 1. The minimum Gasteiger partial charge on any atom is -0.396 e. The number of nitrogens with one attached hydrogen (secondary N) is 2. The standard InChI is InChI=1S/C22H32F3N3O3.C4H10O/c1-14(10-15-11-16-6-7-28-20(16)17(12-15)21(26)29)27-8-9-30-18-4-2-3-5-19(18)31-13-22(23,24)25;1-2-3-4-5/h11-12,14,18-19,27-28H,2-10,13H2,1H3,(H2,26,29);5H,2-4H2,1H3/t14-,18?,19?;/m1./s1. The highest BCUT2D eigenvalue weighted by Crippen LogP contribution is 2.29. The Kier molecular flexibility index (Phi) is 13.0. The van der Waals surface area contributed by atoms with Crippen molar-refractivity contribution in [2.45, 2.75) is 89.6 Å². The van der Waals surface area contributed by atoms with Crippen LogP contribution < -0.4 is 16.4 Å². The van der Waals surface area contributed by atoms with E-state index in [0.717, 1.165) is 68.3 Å². The molecule has 1 fully saturated rings. The maximum atomic E-state index is 12.4. The second kappa shape index (κ2) is 15.4. The molecule has 1 aliphatic heterocycles. The van der Waals surface area contributed by atoms with Crippen LogP contribution in [0, 0.1) is 0 Å². The number of carbonyl (C=O) groups excluding carboxylic acids is 1. The Morgan fingerprint density at radius 2 is 1.94 bits per heavy atom. The summed E-state index contributed by atoms with van der Waals surface area (Å²) in [6.45, 7) is 5.01. The zero-order valence-electron chi connectivity index (χ0n) is 21.5. The number of benzene rings is 1. The van der Waals surface area contributed by atoms with E-state index in [4.69, 9.17) is 20.3 Å². The highest BCUT2D eigenvalue weighted by atomic mass is 19.4. The molecule has 3 rings (SSSR count). The fourth-order valence-electron chi connectivity index (χ4n) is 4.55. The molecular formula is C26H42F3N3O4. The number of ether oxygens (including phenoxy) is 2. The summed E-state index contributed by atoms with van der Waals surface area (Å²) < 4.78 is 48.3. The summed E-state index contributed by atoms with van der Waals surface area (Å²) in [6, 6.07) is 4.10. The number of hydrogen-bond donors (Lipinski definition) is 4. The Balaban J connectivity index is 0.000000830. The predicted octanol–water partition coefficient (Wildman–Crippen LogP) is 3.96. The first kappa shape index (κ1) is 30.3. The zero-order valence-corrected chi connectivity index (χ0v) is 21.5. The molecule has 206 valence electrons. The van der Waals surface area contributed by atoms with Gasteiger partial charge in [-0.05, 0) is 56.2 Å². The molecular weight excluding hydrogens is 475 g/mol. The monoisotopic (exact) mass is 517 g/mol. The largest absolute Gasteiger partial charge is 0.411 e. The summed E-state index contributed by atoms with van der Waals surface area (Å²) in [4.78, 5) is 11.8. The summed E-state index contributed by atoms with van der Waals surface area (Å²) in [7, 11) is 0. The van der Waals surface area contributed by atoms with Gasteiger partial charge >= 0.3 is 6.18 Å². The number of aliphatic hydroxyl groups excluding tert-OH is 1. The van der Waals surface area contributed by atoms with Crippen molar-refractivity contribution in [2.75, 3.05) is 38.2 Å². The van der Waals surface area contributed by atoms with Crippen LogP contribution in [0.25, 0.3) is 0 Å². The van der Waals surface area contributed by atoms with E-state index < -0.39 is 24.8 Å². The topological polar surface area (TPSA) is 106 Å². The number of fused-ring (bicyclic) bond motifs is 1. The highest BCUT2D eigenvalue weighted by Gasteiger charge is 2.33. The van der Waals surface area contributed by atoms with Crippen LogP contribution in [0.5, 0.6) is 0 Å². The van der Waals surface area contributed by atoms with Crippen molar-refractivity contribution in [3.8, 4) is 0 Å². The average Bonchev–Trinajstić information content (AvgIpc) is 3.29. The molecule has 2 unspecified atom stereocenters. The average molecular weight is 518 g/mol. The van der Waals surface area contributed by atoms with Crippen LogP contribution in [0.3, 0.4) is 0 Å². The number of unbranched alkanes of at least 4 members (excludes halogenated alkanes) is 1. The number of alkyl halides is 3. The van der Waals surface area contributed by atoms with Gasteiger partial charge in [-0.15, -0.1) is 0 Å². The molecule has 7 nitrogen and oxygen atoms in total. The van der Waals surface area contributed by atoms with E-state index in [9.17, 15) is 18.0 Å². The Labute approximate surface area is 212 Å². The second-order valence-corrected chi connectivity index (χ2v) is 9.51. The quantitative estimate of drug-likeness (QED) is 0.313. The first-order chi connectivity index (χ1) is 17.1.